The van der Waals surface area contributed by atoms with Crippen molar-refractivity contribution in [2.45, 2.75) is 19.3 Å². The molecule has 0 aliphatic carbocycles. The van der Waals surface area contributed by atoms with Crippen molar-refractivity contribution >= 4 is 17.7 Å². The number of oxime groups is 1. The second-order valence-corrected chi connectivity index (χ2v) is 4.67. The first-order chi connectivity index (χ1) is 10.1. The van der Waals surface area contributed by atoms with Crippen molar-refractivity contribution in [3.63, 3.8) is 0 Å². The van der Waals surface area contributed by atoms with Crippen LogP contribution in [0.25, 0.3) is 0 Å². The molecule has 1 aromatic carbocycles. The smallest absolute Gasteiger partial charge is 0.322 e. The zero-order valence-electron chi connectivity index (χ0n) is 11.4. The van der Waals surface area contributed by atoms with E-state index in [1.807, 2.05) is 0 Å². The molecule has 2 aliphatic heterocycles. The lowest BCUT2D eigenvalue weighted by Crippen LogP contribution is -2.31. The standard InChI is InChI=1S/C14H13NO6/c1-7(16)19-14-12-10(13(17)20-14)11(15-21-12)8-3-5-9(18-2)6-4-8/h3-6,10,12,14H,1-2H3. The van der Waals surface area contributed by atoms with E-state index in [-0.39, 0.29) is 0 Å². The number of hydrogen-bond acceptors (Lipinski definition) is 7. The van der Waals surface area contributed by atoms with Gasteiger partial charge in [0.05, 0.1) is 7.11 Å². The maximum Gasteiger partial charge on any atom is 0.322 e. The van der Waals surface area contributed by atoms with Gasteiger partial charge in [0.1, 0.15) is 17.4 Å². The lowest BCUT2D eigenvalue weighted by Gasteiger charge is -2.13. The quantitative estimate of drug-likeness (QED) is 0.768. The van der Waals surface area contributed by atoms with Crippen molar-refractivity contribution in [1.29, 1.82) is 0 Å². The number of nitrogens with zero attached hydrogens (tertiary/aromatic N) is 1. The second-order valence-electron chi connectivity index (χ2n) is 4.67. The molecule has 0 aromatic heterocycles. The summed E-state index contributed by atoms with van der Waals surface area (Å²) in [5.41, 5.74) is 1.19. The molecular weight excluding hydrogens is 278 g/mol. The Morgan fingerprint density at radius 3 is 2.62 bits per heavy atom. The molecule has 1 saturated heterocycles. The van der Waals surface area contributed by atoms with Crippen molar-refractivity contribution in [1.82, 2.24) is 0 Å². The van der Waals surface area contributed by atoms with Crippen molar-refractivity contribution in [3.8, 4) is 5.75 Å². The highest BCUT2D eigenvalue weighted by Gasteiger charge is 2.55. The van der Waals surface area contributed by atoms with Crippen LogP contribution in [0.15, 0.2) is 29.4 Å². The van der Waals surface area contributed by atoms with Gasteiger partial charge in [-0.3, -0.25) is 9.59 Å². The fourth-order valence-electron chi connectivity index (χ4n) is 2.35. The van der Waals surface area contributed by atoms with Crippen LogP contribution in [-0.2, 0) is 23.9 Å². The summed E-state index contributed by atoms with van der Waals surface area (Å²) in [4.78, 5) is 28.2. The molecule has 1 aromatic rings. The molecule has 0 amide bonds. The highest BCUT2D eigenvalue weighted by molar-refractivity contribution is 6.13. The molecule has 0 radical (unpaired) electrons. The molecule has 7 nitrogen and oxygen atoms in total. The predicted octanol–water partition coefficient (Wildman–Crippen LogP) is 0.860. The van der Waals surface area contributed by atoms with Gasteiger partial charge in [0.2, 0.25) is 6.10 Å². The van der Waals surface area contributed by atoms with Gasteiger partial charge in [0, 0.05) is 12.5 Å². The number of benzene rings is 1. The van der Waals surface area contributed by atoms with Crippen LogP contribution in [0, 0.1) is 5.92 Å². The Morgan fingerprint density at radius 1 is 1.29 bits per heavy atom. The van der Waals surface area contributed by atoms with Crippen molar-refractivity contribution in [2.75, 3.05) is 7.11 Å². The van der Waals surface area contributed by atoms with Gasteiger partial charge in [-0.15, -0.1) is 0 Å². The Kier molecular flexibility index (Phi) is 3.25. The highest BCUT2D eigenvalue weighted by atomic mass is 16.8. The van der Waals surface area contributed by atoms with Crippen molar-refractivity contribution < 1.29 is 28.6 Å². The number of fused-ring (bicyclic) bond motifs is 1. The van der Waals surface area contributed by atoms with Crippen LogP contribution < -0.4 is 4.74 Å². The van der Waals surface area contributed by atoms with E-state index < -0.39 is 30.3 Å². The zero-order valence-corrected chi connectivity index (χ0v) is 11.4. The van der Waals surface area contributed by atoms with Crippen LogP contribution in [-0.4, -0.2) is 37.2 Å². The van der Waals surface area contributed by atoms with Crippen molar-refractivity contribution in [2.24, 2.45) is 11.1 Å². The van der Waals surface area contributed by atoms with E-state index in [9.17, 15) is 9.59 Å². The summed E-state index contributed by atoms with van der Waals surface area (Å²) >= 11 is 0. The maximum atomic E-state index is 12.0. The molecule has 21 heavy (non-hydrogen) atoms. The van der Waals surface area contributed by atoms with E-state index in [4.69, 9.17) is 19.0 Å². The summed E-state index contributed by atoms with van der Waals surface area (Å²) in [7, 11) is 1.57. The van der Waals surface area contributed by atoms with E-state index in [0.717, 1.165) is 5.56 Å². The van der Waals surface area contributed by atoms with Crippen LogP contribution in [0.2, 0.25) is 0 Å². The number of cyclic esters (lactones) is 1. The van der Waals surface area contributed by atoms with E-state index >= 15 is 0 Å². The summed E-state index contributed by atoms with van der Waals surface area (Å²) in [5, 5.41) is 3.94. The molecule has 2 aliphatic rings. The number of carbonyl (C=O) groups excluding carboxylic acids is 2. The van der Waals surface area contributed by atoms with Gasteiger partial charge < -0.3 is 19.0 Å². The molecule has 0 saturated carbocycles. The van der Waals surface area contributed by atoms with E-state index in [0.29, 0.717) is 11.5 Å². The van der Waals surface area contributed by atoms with Gasteiger partial charge in [-0.05, 0) is 24.3 Å². The van der Waals surface area contributed by atoms with Gasteiger partial charge in [-0.2, -0.15) is 0 Å². The van der Waals surface area contributed by atoms with Crippen LogP contribution >= 0.6 is 0 Å². The number of hydrogen-bond donors (Lipinski definition) is 0. The summed E-state index contributed by atoms with van der Waals surface area (Å²) in [5.74, 6) is -1.06. The van der Waals surface area contributed by atoms with Gasteiger partial charge in [-0.1, -0.05) is 5.16 Å². The fraction of sp³-hybridized carbons (Fsp3) is 0.357. The minimum atomic E-state index is -1.06. The minimum Gasteiger partial charge on any atom is -0.497 e. The number of carbonyl (C=O) groups is 2. The number of esters is 2. The molecule has 3 rings (SSSR count). The molecule has 2 heterocycles. The summed E-state index contributed by atoms with van der Waals surface area (Å²) in [6, 6.07) is 7.07. The molecule has 0 N–H and O–H groups in total. The topological polar surface area (TPSA) is 83.4 Å². The Hall–Kier alpha value is -2.57. The zero-order chi connectivity index (χ0) is 15.0. The minimum absolute atomic E-state index is 0.460. The SMILES string of the molecule is COc1ccc(C2=NOC3C(OC(C)=O)OC(=O)C23)cc1. The van der Waals surface area contributed by atoms with Gasteiger partial charge in [0.25, 0.3) is 6.29 Å². The number of methoxy groups -OCH3 is 1. The Bertz CT molecular complexity index is 608. The first kappa shape index (κ1) is 13.4. The van der Waals surface area contributed by atoms with E-state index in [2.05, 4.69) is 5.16 Å². The summed E-state index contributed by atoms with van der Waals surface area (Å²) in [6.07, 6.45) is -1.79. The molecular formula is C14H13NO6. The highest BCUT2D eigenvalue weighted by Crippen LogP contribution is 2.34. The Labute approximate surface area is 120 Å². The molecule has 7 heteroatoms. The third-order valence-electron chi connectivity index (χ3n) is 3.32. The maximum absolute atomic E-state index is 12.0. The molecule has 110 valence electrons. The largest absolute Gasteiger partial charge is 0.497 e. The Morgan fingerprint density at radius 2 is 2.00 bits per heavy atom. The lowest BCUT2D eigenvalue weighted by molar-refractivity contribution is -0.188. The van der Waals surface area contributed by atoms with Gasteiger partial charge in [0.15, 0.2) is 0 Å². The van der Waals surface area contributed by atoms with Crippen LogP contribution in [0.3, 0.4) is 0 Å². The summed E-state index contributed by atoms with van der Waals surface area (Å²) in [6.45, 7) is 1.24. The number of ether oxygens (including phenoxy) is 3. The Balaban J connectivity index is 1.83. The van der Waals surface area contributed by atoms with Gasteiger partial charge in [-0.25, -0.2) is 0 Å². The molecule has 0 bridgehead atoms. The summed E-state index contributed by atoms with van der Waals surface area (Å²) < 4.78 is 15.0. The predicted molar refractivity (Wildman–Crippen MR) is 69.5 cm³/mol. The van der Waals surface area contributed by atoms with Crippen molar-refractivity contribution in [3.05, 3.63) is 29.8 Å². The average Bonchev–Trinajstić information content (AvgIpc) is 3.01. The lowest BCUT2D eigenvalue weighted by atomic mass is 9.94. The van der Waals surface area contributed by atoms with Crippen LogP contribution in [0.5, 0.6) is 5.75 Å². The normalized spacial score (nSPS) is 26.5. The van der Waals surface area contributed by atoms with Crippen LogP contribution in [0.1, 0.15) is 12.5 Å². The second kappa shape index (κ2) is 5.08. The average molecular weight is 291 g/mol. The molecule has 1 fully saturated rings. The third-order valence-corrected chi connectivity index (χ3v) is 3.32. The first-order valence-corrected chi connectivity index (χ1v) is 6.36. The third kappa shape index (κ3) is 2.31. The van der Waals surface area contributed by atoms with Gasteiger partial charge >= 0.3 is 11.9 Å². The monoisotopic (exact) mass is 291 g/mol. The molecule has 0 spiro atoms. The fourth-order valence-corrected chi connectivity index (χ4v) is 2.35. The van der Waals surface area contributed by atoms with E-state index in [1.54, 1.807) is 31.4 Å². The molecule has 3 atom stereocenters. The van der Waals surface area contributed by atoms with E-state index in [1.165, 1.54) is 6.92 Å². The number of rotatable bonds is 3. The first-order valence-electron chi connectivity index (χ1n) is 6.36. The van der Waals surface area contributed by atoms with Crippen LogP contribution in [0.4, 0.5) is 0 Å². The molecule has 3 unspecified atom stereocenters.